The van der Waals surface area contributed by atoms with Gasteiger partial charge in [-0.25, -0.2) is 0 Å². The van der Waals surface area contributed by atoms with E-state index in [-0.39, 0.29) is 5.04 Å². The average Bonchev–Trinajstić information content (AvgIpc) is 2.40. The van der Waals surface area contributed by atoms with Crippen LogP contribution < -0.4 is 0 Å². The van der Waals surface area contributed by atoms with Gasteiger partial charge in [0.05, 0.1) is 6.10 Å². The molecule has 146 valence electrons. The Morgan fingerprint density at radius 2 is 1.48 bits per heavy atom. The van der Waals surface area contributed by atoms with Gasteiger partial charge in [-0.3, -0.25) is 9.59 Å². The minimum absolute atomic E-state index is 0.0511. The number of ether oxygens (including phenoxy) is 4. The van der Waals surface area contributed by atoms with Gasteiger partial charge in [0.25, 0.3) is 0 Å². The summed E-state index contributed by atoms with van der Waals surface area (Å²) in [5.74, 6) is -1.02. The largest absolute Gasteiger partial charge is 0.453 e. The Morgan fingerprint density at radius 1 is 0.960 bits per heavy atom. The van der Waals surface area contributed by atoms with Crippen LogP contribution in [0, 0.1) is 0 Å². The Hall–Kier alpha value is -0.963. The van der Waals surface area contributed by atoms with E-state index in [1.807, 2.05) is 6.92 Å². The van der Waals surface area contributed by atoms with Crippen LogP contribution in [0.1, 0.15) is 41.5 Å². The Labute approximate surface area is 151 Å². The lowest BCUT2D eigenvalue weighted by Crippen LogP contribution is -2.63. The van der Waals surface area contributed by atoms with Crippen LogP contribution in [-0.2, 0) is 33.0 Å². The number of hydrogen-bond donors (Lipinski definition) is 0. The first-order valence-electron chi connectivity index (χ1n) is 8.50. The standard InChI is InChI=1S/C17H32O7Si/c1-10-13(20-7)14(24-25(8,9)17(4,5)6)15(22-11(2)18)16(21-10)23-12(3)19/h10,13-16H,1-9H3/t10-,13-,14+,15-,16?/m1/s1. The number of hydrogen-bond acceptors (Lipinski definition) is 7. The van der Waals surface area contributed by atoms with Crippen molar-refractivity contribution in [3.8, 4) is 0 Å². The molecule has 1 rings (SSSR count). The van der Waals surface area contributed by atoms with Gasteiger partial charge in [0, 0.05) is 21.0 Å². The molecule has 0 aromatic rings. The predicted molar refractivity (Wildman–Crippen MR) is 94.5 cm³/mol. The third-order valence-corrected chi connectivity index (χ3v) is 9.29. The second-order valence-corrected chi connectivity index (χ2v) is 12.7. The zero-order valence-electron chi connectivity index (χ0n) is 16.7. The van der Waals surface area contributed by atoms with E-state index in [1.54, 1.807) is 7.11 Å². The quantitative estimate of drug-likeness (QED) is 0.539. The maximum Gasteiger partial charge on any atom is 0.305 e. The Balaban J connectivity index is 3.24. The molecule has 0 aromatic carbocycles. The smallest absolute Gasteiger partial charge is 0.305 e. The molecular weight excluding hydrogens is 344 g/mol. The Bertz CT molecular complexity index is 486. The van der Waals surface area contributed by atoms with Crippen LogP contribution in [0.25, 0.3) is 0 Å². The second kappa shape index (κ2) is 8.16. The minimum atomic E-state index is -2.21. The van der Waals surface area contributed by atoms with Gasteiger partial charge in [-0.1, -0.05) is 20.8 Å². The first-order valence-corrected chi connectivity index (χ1v) is 11.4. The van der Waals surface area contributed by atoms with E-state index in [4.69, 9.17) is 23.4 Å². The number of carbonyl (C=O) groups excluding carboxylic acids is 2. The molecule has 1 aliphatic heterocycles. The molecule has 1 heterocycles. The van der Waals surface area contributed by atoms with E-state index in [2.05, 4.69) is 33.9 Å². The summed E-state index contributed by atoms with van der Waals surface area (Å²) in [6.45, 7) is 15.0. The first kappa shape index (κ1) is 22.1. The molecule has 7 nitrogen and oxygen atoms in total. The summed E-state index contributed by atoms with van der Waals surface area (Å²) < 4.78 is 28.5. The van der Waals surface area contributed by atoms with E-state index >= 15 is 0 Å². The van der Waals surface area contributed by atoms with Crippen molar-refractivity contribution in [2.24, 2.45) is 0 Å². The van der Waals surface area contributed by atoms with Crippen LogP contribution in [-0.4, -0.2) is 58.1 Å². The molecule has 0 aliphatic carbocycles. The van der Waals surface area contributed by atoms with Crippen molar-refractivity contribution in [3.05, 3.63) is 0 Å². The molecule has 5 atom stereocenters. The highest BCUT2D eigenvalue weighted by Crippen LogP contribution is 2.40. The number of rotatable bonds is 5. The second-order valence-electron chi connectivity index (χ2n) is 7.94. The van der Waals surface area contributed by atoms with Gasteiger partial charge in [-0.2, -0.15) is 0 Å². The molecule has 8 heteroatoms. The van der Waals surface area contributed by atoms with Crippen LogP contribution >= 0.6 is 0 Å². The lowest BCUT2D eigenvalue weighted by atomic mass is 9.99. The maximum absolute atomic E-state index is 11.6. The minimum Gasteiger partial charge on any atom is -0.453 e. The highest BCUT2D eigenvalue weighted by atomic mass is 28.4. The predicted octanol–water partition coefficient (Wildman–Crippen LogP) is 2.63. The normalized spacial score (nSPS) is 30.7. The maximum atomic E-state index is 11.6. The third kappa shape index (κ3) is 5.50. The van der Waals surface area contributed by atoms with Gasteiger partial charge in [0.15, 0.2) is 14.4 Å². The van der Waals surface area contributed by atoms with E-state index in [9.17, 15) is 9.59 Å². The van der Waals surface area contributed by atoms with Crippen molar-refractivity contribution >= 4 is 20.3 Å². The molecule has 1 saturated heterocycles. The Kier molecular flexibility index (Phi) is 7.20. The van der Waals surface area contributed by atoms with Crippen molar-refractivity contribution in [1.29, 1.82) is 0 Å². The molecule has 1 unspecified atom stereocenters. The average molecular weight is 377 g/mol. The fourth-order valence-corrected chi connectivity index (χ4v) is 3.83. The zero-order valence-corrected chi connectivity index (χ0v) is 17.7. The van der Waals surface area contributed by atoms with Crippen molar-refractivity contribution in [1.82, 2.24) is 0 Å². The van der Waals surface area contributed by atoms with Crippen LogP contribution in [0.5, 0.6) is 0 Å². The fraction of sp³-hybridized carbons (Fsp3) is 0.882. The molecule has 25 heavy (non-hydrogen) atoms. The van der Waals surface area contributed by atoms with Crippen LogP contribution in [0.4, 0.5) is 0 Å². The van der Waals surface area contributed by atoms with Crippen molar-refractivity contribution in [3.63, 3.8) is 0 Å². The molecule has 0 aromatic heterocycles. The van der Waals surface area contributed by atoms with Crippen molar-refractivity contribution in [2.45, 2.75) is 90.4 Å². The van der Waals surface area contributed by atoms with Gasteiger partial charge in [0.1, 0.15) is 12.2 Å². The number of esters is 2. The van der Waals surface area contributed by atoms with Gasteiger partial charge in [0.2, 0.25) is 6.29 Å². The third-order valence-electron chi connectivity index (χ3n) is 4.82. The molecule has 0 saturated carbocycles. The fourth-order valence-electron chi connectivity index (χ4n) is 2.52. The molecule has 0 bridgehead atoms. The summed E-state index contributed by atoms with van der Waals surface area (Å²) >= 11 is 0. The van der Waals surface area contributed by atoms with Crippen molar-refractivity contribution < 1.29 is 33.0 Å². The van der Waals surface area contributed by atoms with E-state index in [0.717, 1.165) is 0 Å². The first-order chi connectivity index (χ1) is 11.3. The number of methoxy groups -OCH3 is 1. The van der Waals surface area contributed by atoms with Gasteiger partial charge < -0.3 is 23.4 Å². The molecule has 1 aliphatic rings. The molecule has 0 N–H and O–H groups in total. The van der Waals surface area contributed by atoms with E-state index < -0.39 is 51.0 Å². The van der Waals surface area contributed by atoms with Crippen LogP contribution in [0.15, 0.2) is 0 Å². The van der Waals surface area contributed by atoms with Crippen LogP contribution in [0.2, 0.25) is 18.1 Å². The highest BCUT2D eigenvalue weighted by molar-refractivity contribution is 6.74. The summed E-state index contributed by atoms with van der Waals surface area (Å²) in [5.41, 5.74) is 0. The summed E-state index contributed by atoms with van der Waals surface area (Å²) in [5, 5.41) is -0.0511. The molecule has 0 spiro atoms. The SMILES string of the molecule is CO[C@H]1[C@H](O[Si](C)(C)C(C)(C)C)[C@@H](OC(C)=O)C(OC(C)=O)O[C@@H]1C. The van der Waals surface area contributed by atoms with E-state index in [1.165, 1.54) is 13.8 Å². The zero-order chi connectivity index (χ0) is 19.6. The molecule has 1 fully saturated rings. The summed E-state index contributed by atoms with van der Waals surface area (Å²) in [4.78, 5) is 23.1. The van der Waals surface area contributed by atoms with Gasteiger partial charge in [-0.15, -0.1) is 0 Å². The Morgan fingerprint density at radius 3 is 1.88 bits per heavy atom. The topological polar surface area (TPSA) is 80.3 Å². The summed E-state index contributed by atoms with van der Waals surface area (Å²) in [6, 6.07) is 0. The molecule has 0 radical (unpaired) electrons. The summed E-state index contributed by atoms with van der Waals surface area (Å²) in [7, 11) is -0.651. The lowest BCUT2D eigenvalue weighted by molar-refractivity contribution is -0.288. The monoisotopic (exact) mass is 376 g/mol. The van der Waals surface area contributed by atoms with Gasteiger partial charge >= 0.3 is 11.9 Å². The van der Waals surface area contributed by atoms with E-state index in [0.29, 0.717) is 0 Å². The van der Waals surface area contributed by atoms with Crippen molar-refractivity contribution in [2.75, 3.05) is 7.11 Å². The highest BCUT2D eigenvalue weighted by Gasteiger charge is 2.52. The molecular formula is C17H32O7Si. The van der Waals surface area contributed by atoms with Crippen LogP contribution in [0.3, 0.4) is 0 Å². The summed E-state index contributed by atoms with van der Waals surface area (Å²) in [6.07, 6.45) is -3.36. The van der Waals surface area contributed by atoms with Gasteiger partial charge in [-0.05, 0) is 25.1 Å². The number of carbonyl (C=O) groups is 2. The molecule has 0 amide bonds. The lowest BCUT2D eigenvalue weighted by Gasteiger charge is -2.48.